The van der Waals surface area contributed by atoms with Crippen LogP contribution in [-0.2, 0) is 0 Å². The van der Waals surface area contributed by atoms with Crippen LogP contribution in [0.15, 0.2) is 59.5 Å². The summed E-state index contributed by atoms with van der Waals surface area (Å²) in [6.07, 6.45) is 1.64. The number of methoxy groups -OCH3 is 1. The van der Waals surface area contributed by atoms with Gasteiger partial charge in [0, 0.05) is 17.3 Å². The summed E-state index contributed by atoms with van der Waals surface area (Å²) in [6, 6.07) is 13.4. The molecule has 0 bridgehead atoms. The third-order valence-corrected chi connectivity index (χ3v) is 5.55. The Hall–Kier alpha value is -4.93. The fourth-order valence-corrected chi connectivity index (χ4v) is 3.78. The highest BCUT2D eigenvalue weighted by Gasteiger charge is 2.17. The van der Waals surface area contributed by atoms with Crippen LogP contribution in [0.1, 0.15) is 29.1 Å². The summed E-state index contributed by atoms with van der Waals surface area (Å²) in [6.45, 7) is 1.71. The normalized spacial score (nSPS) is 11.9. The van der Waals surface area contributed by atoms with E-state index >= 15 is 0 Å². The van der Waals surface area contributed by atoms with Crippen LogP contribution in [0.2, 0.25) is 0 Å². The molecule has 1 atom stereocenters. The lowest BCUT2D eigenvalue weighted by Crippen LogP contribution is -2.27. The second-order valence-electron chi connectivity index (χ2n) is 7.87. The van der Waals surface area contributed by atoms with E-state index in [1.54, 1.807) is 56.6 Å². The molecule has 0 aliphatic rings. The smallest absolute Gasteiger partial charge is 0.340 e. The van der Waals surface area contributed by atoms with Gasteiger partial charge in [-0.1, -0.05) is 6.07 Å². The number of rotatable bonds is 6. The van der Waals surface area contributed by atoms with Crippen molar-refractivity contribution in [1.82, 2.24) is 35.5 Å². The lowest BCUT2D eigenvalue weighted by Gasteiger charge is -2.10. The van der Waals surface area contributed by atoms with Gasteiger partial charge >= 0.3 is 5.69 Å². The third kappa shape index (κ3) is 4.22. The highest BCUT2D eigenvalue weighted by Crippen LogP contribution is 2.35. The zero-order valence-electron chi connectivity index (χ0n) is 18.8. The second-order valence-corrected chi connectivity index (χ2v) is 7.87. The predicted molar refractivity (Wildman–Crippen MR) is 128 cm³/mol. The Balaban J connectivity index is 1.45. The van der Waals surface area contributed by atoms with Crippen molar-refractivity contribution >= 4 is 16.9 Å². The van der Waals surface area contributed by atoms with Gasteiger partial charge in [0.2, 0.25) is 5.88 Å². The highest BCUT2D eigenvalue weighted by atomic mass is 16.5. The standard InChI is InChI=1S/C24H21N7O4/c1-12(20-29-24(34)31-30-20)26-22(33)14-5-7-17-18(11-14)28-21(27-17)16-10-13(6-8-19(16)32)15-4-3-9-25-23(15)35-2/h3-12,32H,1-2H3,(H,26,33)(H,27,28)(H2,29,30,31,34). The average Bonchev–Trinajstić information content (AvgIpc) is 3.50. The number of nitrogens with zero attached hydrogens (tertiary/aromatic N) is 3. The van der Waals surface area contributed by atoms with Gasteiger partial charge in [0.1, 0.15) is 11.6 Å². The topological polar surface area (TPSA) is 162 Å². The van der Waals surface area contributed by atoms with Crippen molar-refractivity contribution in [2.45, 2.75) is 13.0 Å². The lowest BCUT2D eigenvalue weighted by atomic mass is 10.0. The van der Waals surface area contributed by atoms with E-state index in [9.17, 15) is 14.7 Å². The van der Waals surface area contributed by atoms with Crippen molar-refractivity contribution in [2.24, 2.45) is 0 Å². The number of hydrogen-bond donors (Lipinski definition) is 5. The number of benzene rings is 2. The van der Waals surface area contributed by atoms with Crippen LogP contribution in [0, 0.1) is 0 Å². The molecule has 0 aliphatic heterocycles. The Morgan fingerprint density at radius 1 is 1.11 bits per heavy atom. The van der Waals surface area contributed by atoms with Gasteiger partial charge in [0.25, 0.3) is 5.91 Å². The molecule has 5 N–H and O–H groups in total. The average molecular weight is 471 g/mol. The Labute approximate surface area is 198 Å². The molecule has 11 heteroatoms. The van der Waals surface area contributed by atoms with Crippen LogP contribution >= 0.6 is 0 Å². The van der Waals surface area contributed by atoms with Crippen LogP contribution in [0.25, 0.3) is 33.5 Å². The fraction of sp³-hybridized carbons (Fsp3) is 0.125. The number of fused-ring (bicyclic) bond motifs is 1. The number of ether oxygens (including phenoxy) is 1. The summed E-state index contributed by atoms with van der Waals surface area (Å²) < 4.78 is 5.36. The largest absolute Gasteiger partial charge is 0.507 e. The highest BCUT2D eigenvalue weighted by molar-refractivity contribution is 5.98. The molecule has 0 saturated heterocycles. The number of aromatic amines is 3. The quantitative estimate of drug-likeness (QED) is 0.254. The Morgan fingerprint density at radius 3 is 2.74 bits per heavy atom. The number of amides is 1. The molecule has 1 amide bonds. The van der Waals surface area contributed by atoms with E-state index in [-0.39, 0.29) is 11.7 Å². The van der Waals surface area contributed by atoms with Gasteiger partial charge < -0.3 is 20.1 Å². The summed E-state index contributed by atoms with van der Waals surface area (Å²) in [5, 5.41) is 19.4. The molecule has 3 heterocycles. The van der Waals surface area contributed by atoms with Crippen LogP contribution in [0.3, 0.4) is 0 Å². The van der Waals surface area contributed by atoms with Crippen LogP contribution < -0.4 is 15.7 Å². The zero-order valence-corrected chi connectivity index (χ0v) is 18.8. The number of hydrogen-bond acceptors (Lipinski definition) is 7. The molecule has 2 aromatic carbocycles. The summed E-state index contributed by atoms with van der Waals surface area (Å²) in [4.78, 5) is 38.5. The van der Waals surface area contributed by atoms with E-state index in [4.69, 9.17) is 4.74 Å². The van der Waals surface area contributed by atoms with E-state index in [2.05, 4.69) is 35.5 Å². The first-order valence-electron chi connectivity index (χ1n) is 10.7. The molecule has 0 radical (unpaired) electrons. The number of nitrogens with one attached hydrogen (secondary N) is 4. The van der Waals surface area contributed by atoms with Crippen molar-refractivity contribution in [3.8, 4) is 34.1 Å². The number of aromatic nitrogens is 6. The molecule has 0 spiro atoms. The summed E-state index contributed by atoms with van der Waals surface area (Å²) >= 11 is 0. The van der Waals surface area contributed by atoms with E-state index in [0.717, 1.165) is 11.1 Å². The lowest BCUT2D eigenvalue weighted by molar-refractivity contribution is 0.0938. The molecule has 0 saturated carbocycles. The minimum atomic E-state index is -0.501. The minimum Gasteiger partial charge on any atom is -0.507 e. The van der Waals surface area contributed by atoms with Crippen LogP contribution in [-0.4, -0.2) is 48.3 Å². The number of pyridine rings is 1. The van der Waals surface area contributed by atoms with E-state index in [1.165, 1.54) is 0 Å². The first kappa shape index (κ1) is 21.9. The number of H-pyrrole nitrogens is 3. The zero-order chi connectivity index (χ0) is 24.5. The fourth-order valence-electron chi connectivity index (χ4n) is 3.78. The van der Waals surface area contributed by atoms with Crippen molar-refractivity contribution in [3.05, 3.63) is 76.6 Å². The summed E-state index contributed by atoms with van der Waals surface area (Å²) in [5.41, 5.74) is 3.28. The molecule has 5 rings (SSSR count). The van der Waals surface area contributed by atoms with Gasteiger partial charge in [-0.05, 0) is 55.0 Å². The minimum absolute atomic E-state index is 0.0513. The number of imidazole rings is 1. The van der Waals surface area contributed by atoms with E-state index in [0.29, 0.717) is 39.7 Å². The number of phenolic OH excluding ortho intramolecular Hbond substituents is 1. The molecule has 0 aliphatic carbocycles. The van der Waals surface area contributed by atoms with Gasteiger partial charge in [-0.15, -0.1) is 0 Å². The first-order valence-corrected chi connectivity index (χ1v) is 10.7. The van der Waals surface area contributed by atoms with Gasteiger partial charge in [0.05, 0.1) is 29.7 Å². The van der Waals surface area contributed by atoms with Crippen LogP contribution in [0.4, 0.5) is 0 Å². The third-order valence-electron chi connectivity index (χ3n) is 5.55. The van der Waals surface area contributed by atoms with E-state index < -0.39 is 11.7 Å². The Morgan fingerprint density at radius 2 is 1.97 bits per heavy atom. The monoisotopic (exact) mass is 471 g/mol. The number of carbonyl (C=O) groups is 1. The van der Waals surface area contributed by atoms with Gasteiger partial charge in [0.15, 0.2) is 5.82 Å². The van der Waals surface area contributed by atoms with Gasteiger partial charge in [-0.3, -0.25) is 9.78 Å². The molecule has 1 unspecified atom stereocenters. The molecule has 0 fully saturated rings. The summed E-state index contributed by atoms with van der Waals surface area (Å²) in [7, 11) is 1.55. The SMILES string of the molecule is COc1ncccc1-c1ccc(O)c(-c2nc3ccc(C(=O)NC(C)c4n[nH]c(=O)[nH]4)cc3[nH]2)c1. The number of carbonyl (C=O) groups excluding carboxylic acids is 1. The molecule has 35 heavy (non-hydrogen) atoms. The molecule has 3 aromatic heterocycles. The second kappa shape index (κ2) is 8.78. The number of phenols is 1. The van der Waals surface area contributed by atoms with E-state index in [1.807, 2.05) is 12.1 Å². The van der Waals surface area contributed by atoms with Crippen molar-refractivity contribution < 1.29 is 14.6 Å². The predicted octanol–water partition coefficient (Wildman–Crippen LogP) is 2.91. The Bertz CT molecular complexity index is 1600. The van der Waals surface area contributed by atoms with Crippen molar-refractivity contribution in [2.75, 3.05) is 7.11 Å². The molecule has 176 valence electrons. The van der Waals surface area contributed by atoms with Gasteiger partial charge in [-0.2, -0.15) is 5.10 Å². The molecular formula is C24H21N7O4. The molecular weight excluding hydrogens is 450 g/mol. The van der Waals surface area contributed by atoms with Gasteiger partial charge in [-0.25, -0.2) is 19.9 Å². The maximum atomic E-state index is 12.7. The maximum absolute atomic E-state index is 12.7. The summed E-state index contributed by atoms with van der Waals surface area (Å²) in [5.74, 6) is 0.956. The number of aromatic hydroxyl groups is 1. The van der Waals surface area contributed by atoms with Crippen LogP contribution in [0.5, 0.6) is 11.6 Å². The van der Waals surface area contributed by atoms with Crippen molar-refractivity contribution in [3.63, 3.8) is 0 Å². The molecule has 11 nitrogen and oxygen atoms in total. The molecule has 5 aromatic rings. The first-order chi connectivity index (χ1) is 16.9. The Kier molecular flexibility index (Phi) is 5.49. The maximum Gasteiger partial charge on any atom is 0.340 e. The van der Waals surface area contributed by atoms with Crippen molar-refractivity contribution in [1.29, 1.82) is 0 Å².